The second-order valence-electron chi connectivity index (χ2n) is 4.94. The van der Waals surface area contributed by atoms with Crippen LogP contribution in [0, 0.1) is 12.8 Å². The predicted octanol–water partition coefficient (Wildman–Crippen LogP) is 2.20. The van der Waals surface area contributed by atoms with Crippen molar-refractivity contribution in [1.29, 1.82) is 0 Å². The Morgan fingerprint density at radius 3 is 2.83 bits per heavy atom. The molecule has 1 aliphatic rings. The summed E-state index contributed by atoms with van der Waals surface area (Å²) in [6.07, 6.45) is 6.18. The van der Waals surface area contributed by atoms with Crippen LogP contribution in [-0.2, 0) is 0 Å². The molecular formula is C13H17N5. The summed E-state index contributed by atoms with van der Waals surface area (Å²) in [6, 6.07) is 2.35. The van der Waals surface area contributed by atoms with Crippen LogP contribution in [0.25, 0.3) is 11.4 Å². The van der Waals surface area contributed by atoms with Crippen molar-refractivity contribution >= 4 is 5.95 Å². The van der Waals surface area contributed by atoms with Crippen LogP contribution < -0.4 is 5.73 Å². The van der Waals surface area contributed by atoms with Gasteiger partial charge in [-0.25, -0.2) is 15.0 Å². The predicted molar refractivity (Wildman–Crippen MR) is 69.8 cm³/mol. The molecule has 3 rings (SSSR count). The molecule has 2 aromatic heterocycles. The van der Waals surface area contributed by atoms with Crippen molar-refractivity contribution in [2.24, 2.45) is 5.92 Å². The number of nitrogens with two attached hydrogens (primary N) is 1. The van der Waals surface area contributed by atoms with Crippen LogP contribution in [-0.4, -0.2) is 19.5 Å². The van der Waals surface area contributed by atoms with E-state index in [0.717, 1.165) is 23.1 Å². The first-order valence-corrected chi connectivity index (χ1v) is 6.29. The molecule has 5 nitrogen and oxygen atoms in total. The second kappa shape index (κ2) is 4.08. The van der Waals surface area contributed by atoms with Gasteiger partial charge in [-0.1, -0.05) is 0 Å². The molecular weight excluding hydrogens is 226 g/mol. The third kappa shape index (κ3) is 1.85. The smallest absolute Gasteiger partial charge is 0.220 e. The molecule has 0 radical (unpaired) electrons. The molecule has 2 aromatic rings. The van der Waals surface area contributed by atoms with Gasteiger partial charge in [0.25, 0.3) is 0 Å². The minimum Gasteiger partial charge on any atom is -0.368 e. The van der Waals surface area contributed by atoms with E-state index < -0.39 is 0 Å². The van der Waals surface area contributed by atoms with Gasteiger partial charge in [0, 0.05) is 12.2 Å². The Balaban J connectivity index is 2.06. The van der Waals surface area contributed by atoms with E-state index in [2.05, 4.69) is 26.4 Å². The van der Waals surface area contributed by atoms with E-state index in [9.17, 15) is 0 Å². The summed E-state index contributed by atoms with van der Waals surface area (Å²) >= 11 is 0. The molecule has 0 aliphatic heterocycles. The summed E-state index contributed by atoms with van der Waals surface area (Å²) in [4.78, 5) is 12.6. The number of imidazole rings is 1. The molecule has 0 amide bonds. The summed E-state index contributed by atoms with van der Waals surface area (Å²) in [6.45, 7) is 4.29. The zero-order valence-corrected chi connectivity index (χ0v) is 10.7. The van der Waals surface area contributed by atoms with Crippen LogP contribution in [0.2, 0.25) is 0 Å². The van der Waals surface area contributed by atoms with Gasteiger partial charge in [0.05, 0.1) is 17.6 Å². The standard InChI is InChI=1S/C13H17N5/c1-8(10-3-4-10)18-9(2)16-7-12(18)11-5-6-15-13(14)17-11/h5-8,10H,3-4H2,1-2H3,(H2,14,15,17). The van der Waals surface area contributed by atoms with E-state index in [4.69, 9.17) is 5.73 Å². The molecule has 0 aromatic carbocycles. The van der Waals surface area contributed by atoms with Crippen LogP contribution in [0.5, 0.6) is 0 Å². The molecule has 0 bridgehead atoms. The molecule has 1 unspecified atom stereocenters. The van der Waals surface area contributed by atoms with Crippen LogP contribution in [0.4, 0.5) is 5.95 Å². The van der Waals surface area contributed by atoms with E-state index in [1.54, 1.807) is 6.20 Å². The molecule has 1 atom stereocenters. The second-order valence-corrected chi connectivity index (χ2v) is 4.94. The monoisotopic (exact) mass is 243 g/mol. The number of rotatable bonds is 3. The van der Waals surface area contributed by atoms with Crippen LogP contribution in [0.3, 0.4) is 0 Å². The van der Waals surface area contributed by atoms with E-state index in [1.165, 1.54) is 12.8 Å². The largest absolute Gasteiger partial charge is 0.368 e. The molecule has 0 spiro atoms. The first-order chi connectivity index (χ1) is 8.66. The molecule has 18 heavy (non-hydrogen) atoms. The highest BCUT2D eigenvalue weighted by molar-refractivity contribution is 5.55. The highest BCUT2D eigenvalue weighted by Crippen LogP contribution is 2.41. The van der Waals surface area contributed by atoms with Crippen molar-refractivity contribution in [3.63, 3.8) is 0 Å². The fraction of sp³-hybridized carbons (Fsp3) is 0.462. The number of nitrogens with zero attached hydrogens (tertiary/aromatic N) is 4. The maximum atomic E-state index is 5.65. The minimum atomic E-state index is 0.303. The van der Waals surface area contributed by atoms with Crippen molar-refractivity contribution in [1.82, 2.24) is 19.5 Å². The zero-order chi connectivity index (χ0) is 12.7. The summed E-state index contributed by atoms with van der Waals surface area (Å²) < 4.78 is 2.26. The van der Waals surface area contributed by atoms with Gasteiger partial charge in [-0.2, -0.15) is 0 Å². The molecule has 1 saturated carbocycles. The number of aryl methyl sites for hydroxylation is 1. The van der Waals surface area contributed by atoms with Crippen molar-refractivity contribution < 1.29 is 0 Å². The summed E-state index contributed by atoms with van der Waals surface area (Å²) in [7, 11) is 0. The minimum absolute atomic E-state index is 0.303. The molecule has 1 fully saturated rings. The molecule has 2 heterocycles. The van der Waals surface area contributed by atoms with E-state index in [1.807, 2.05) is 19.2 Å². The van der Waals surface area contributed by atoms with E-state index in [-0.39, 0.29) is 0 Å². The average Bonchev–Trinajstić information content (AvgIpc) is 3.12. The van der Waals surface area contributed by atoms with Gasteiger partial charge in [-0.15, -0.1) is 0 Å². The Labute approximate surface area is 106 Å². The number of hydrogen-bond donors (Lipinski definition) is 1. The normalized spacial score (nSPS) is 16.8. The Morgan fingerprint density at radius 1 is 1.39 bits per heavy atom. The first kappa shape index (κ1) is 11.2. The Bertz CT molecular complexity index is 571. The van der Waals surface area contributed by atoms with E-state index in [0.29, 0.717) is 12.0 Å². The molecule has 1 aliphatic carbocycles. The van der Waals surface area contributed by atoms with Gasteiger partial charge in [-0.05, 0) is 38.7 Å². The van der Waals surface area contributed by atoms with Gasteiger partial charge in [-0.3, -0.25) is 0 Å². The lowest BCUT2D eigenvalue weighted by molar-refractivity contribution is 0.479. The van der Waals surface area contributed by atoms with Crippen LogP contribution in [0.15, 0.2) is 18.5 Å². The van der Waals surface area contributed by atoms with Crippen molar-refractivity contribution in [2.75, 3.05) is 5.73 Å². The third-order valence-corrected chi connectivity index (χ3v) is 3.63. The first-order valence-electron chi connectivity index (χ1n) is 6.29. The number of hydrogen-bond acceptors (Lipinski definition) is 4. The maximum Gasteiger partial charge on any atom is 0.220 e. The molecule has 2 N–H and O–H groups in total. The average molecular weight is 243 g/mol. The van der Waals surface area contributed by atoms with Crippen molar-refractivity contribution in [2.45, 2.75) is 32.7 Å². The Morgan fingerprint density at radius 2 is 2.17 bits per heavy atom. The molecule has 94 valence electrons. The van der Waals surface area contributed by atoms with Gasteiger partial charge in [0.15, 0.2) is 0 Å². The summed E-state index contributed by atoms with van der Waals surface area (Å²) in [5.74, 6) is 2.11. The number of nitrogen functional groups attached to an aromatic ring is 1. The van der Waals surface area contributed by atoms with Gasteiger partial charge >= 0.3 is 0 Å². The third-order valence-electron chi connectivity index (χ3n) is 3.63. The number of aromatic nitrogens is 4. The number of anilines is 1. The quantitative estimate of drug-likeness (QED) is 0.897. The topological polar surface area (TPSA) is 69.6 Å². The summed E-state index contributed by atoms with van der Waals surface area (Å²) in [5, 5.41) is 0. The van der Waals surface area contributed by atoms with Crippen molar-refractivity contribution in [3.8, 4) is 11.4 Å². The maximum absolute atomic E-state index is 5.65. The van der Waals surface area contributed by atoms with E-state index >= 15 is 0 Å². The lowest BCUT2D eigenvalue weighted by Gasteiger charge is -2.17. The Kier molecular flexibility index (Phi) is 2.54. The van der Waals surface area contributed by atoms with Gasteiger partial charge < -0.3 is 10.3 Å². The lowest BCUT2D eigenvalue weighted by atomic mass is 10.2. The zero-order valence-electron chi connectivity index (χ0n) is 10.7. The molecule has 0 saturated heterocycles. The van der Waals surface area contributed by atoms with Crippen molar-refractivity contribution in [3.05, 3.63) is 24.3 Å². The SMILES string of the molecule is Cc1ncc(-c2ccnc(N)n2)n1C(C)C1CC1. The fourth-order valence-corrected chi connectivity index (χ4v) is 2.46. The summed E-state index contributed by atoms with van der Waals surface area (Å²) in [5.41, 5.74) is 7.52. The fourth-order valence-electron chi connectivity index (χ4n) is 2.46. The highest BCUT2D eigenvalue weighted by Gasteiger charge is 2.31. The van der Waals surface area contributed by atoms with Gasteiger partial charge in [0.1, 0.15) is 5.82 Å². The van der Waals surface area contributed by atoms with Gasteiger partial charge in [0.2, 0.25) is 5.95 Å². The van der Waals surface area contributed by atoms with Crippen LogP contribution in [0.1, 0.15) is 31.6 Å². The lowest BCUT2D eigenvalue weighted by Crippen LogP contribution is -2.11. The highest BCUT2D eigenvalue weighted by atomic mass is 15.1. The Hall–Kier alpha value is -1.91. The molecule has 5 heteroatoms. The van der Waals surface area contributed by atoms with Crippen LogP contribution >= 0.6 is 0 Å².